The molecule has 3 heteroatoms. The largest absolute Gasteiger partial charge is 0.383 e. The van der Waals surface area contributed by atoms with Crippen LogP contribution in [0.4, 0.5) is 0 Å². The van der Waals surface area contributed by atoms with E-state index in [1.54, 1.807) is 18.2 Å². The molecule has 0 amide bonds. The predicted octanol–water partition coefficient (Wildman–Crippen LogP) is 2.67. The second-order valence-corrected chi connectivity index (χ2v) is 1.99. The molecule has 0 bridgehead atoms. The van der Waals surface area contributed by atoms with E-state index >= 15 is 0 Å². The van der Waals surface area contributed by atoms with Gasteiger partial charge in [-0.05, 0) is 6.07 Å². The summed E-state index contributed by atoms with van der Waals surface area (Å²) in [5.41, 5.74) is 0. The molecule has 0 N–H and O–H groups in total. The van der Waals surface area contributed by atoms with Crippen LogP contribution in [0, 0.1) is 6.07 Å². The Hall–Kier alpha value is -0.400. The Morgan fingerprint density at radius 1 is 1.56 bits per heavy atom. The van der Waals surface area contributed by atoms with E-state index in [-0.39, 0.29) is 0 Å². The molecule has 1 radical (unpaired) electrons. The third kappa shape index (κ3) is 1.50. The minimum atomic E-state index is 0.362. The molecule has 0 spiro atoms. The van der Waals surface area contributed by atoms with Gasteiger partial charge >= 0.3 is 0 Å². The number of rotatable bonds is 1. The summed E-state index contributed by atoms with van der Waals surface area (Å²) >= 11 is 10.6. The van der Waals surface area contributed by atoms with Crippen molar-refractivity contribution < 1.29 is 4.29 Å². The van der Waals surface area contributed by atoms with Gasteiger partial charge < -0.3 is 4.29 Å². The van der Waals surface area contributed by atoms with Crippen LogP contribution in [0.2, 0.25) is 5.02 Å². The van der Waals surface area contributed by atoms with Gasteiger partial charge in [0.25, 0.3) is 0 Å². The summed E-state index contributed by atoms with van der Waals surface area (Å²) in [4.78, 5) is 0. The third-order valence-electron chi connectivity index (χ3n) is 0.847. The van der Waals surface area contributed by atoms with Crippen LogP contribution in [0.3, 0.4) is 0 Å². The Bertz CT molecular complexity index is 200. The highest BCUT2D eigenvalue weighted by molar-refractivity contribution is 6.32. The lowest BCUT2D eigenvalue weighted by atomic mass is 10.3. The number of hydrogen-bond acceptors (Lipinski definition) is 1. The number of para-hydroxylation sites is 1. The zero-order valence-electron chi connectivity index (χ0n) is 4.40. The van der Waals surface area contributed by atoms with Crippen molar-refractivity contribution in [1.29, 1.82) is 0 Å². The Morgan fingerprint density at radius 2 is 2.33 bits per heavy atom. The molecule has 0 saturated heterocycles. The number of hydrogen-bond donors (Lipinski definition) is 0. The van der Waals surface area contributed by atoms with Gasteiger partial charge in [-0.1, -0.05) is 23.7 Å². The topological polar surface area (TPSA) is 9.23 Å². The van der Waals surface area contributed by atoms with E-state index in [1.807, 2.05) is 0 Å². The number of halogens is 2. The zero-order valence-corrected chi connectivity index (χ0v) is 5.91. The summed E-state index contributed by atoms with van der Waals surface area (Å²) in [6, 6.07) is 7.80. The molecular weight excluding hydrogens is 159 g/mol. The van der Waals surface area contributed by atoms with Crippen molar-refractivity contribution in [3.63, 3.8) is 0 Å². The van der Waals surface area contributed by atoms with Crippen molar-refractivity contribution in [3.05, 3.63) is 29.3 Å². The average Bonchev–Trinajstić information content (AvgIpc) is 1.89. The molecule has 9 heavy (non-hydrogen) atoms. The maximum absolute atomic E-state index is 5.58. The predicted molar refractivity (Wildman–Crippen MR) is 36.8 cm³/mol. The molecule has 0 heterocycles. The summed E-state index contributed by atoms with van der Waals surface area (Å²) in [5.74, 6) is 0.362. The van der Waals surface area contributed by atoms with Gasteiger partial charge in [-0.3, -0.25) is 0 Å². The second-order valence-electron chi connectivity index (χ2n) is 1.42. The van der Waals surface area contributed by atoms with Crippen LogP contribution in [0.15, 0.2) is 18.2 Å². The molecule has 0 aliphatic rings. The minimum absolute atomic E-state index is 0.362. The molecule has 0 fully saturated rings. The monoisotopic (exact) mass is 161 g/mol. The summed E-state index contributed by atoms with van der Waals surface area (Å²) in [5, 5.41) is 0.465. The molecule has 0 aromatic heterocycles. The van der Waals surface area contributed by atoms with Crippen molar-refractivity contribution in [2.75, 3.05) is 0 Å². The first-order chi connectivity index (χ1) is 4.34. The van der Waals surface area contributed by atoms with Gasteiger partial charge in [0.1, 0.15) is 11.9 Å². The normalized spacial score (nSPS) is 9.11. The van der Waals surface area contributed by atoms with Gasteiger partial charge in [-0.15, -0.1) is 0 Å². The van der Waals surface area contributed by atoms with Crippen LogP contribution >= 0.6 is 23.5 Å². The highest BCUT2D eigenvalue weighted by Crippen LogP contribution is 2.22. The third-order valence-corrected chi connectivity index (χ3v) is 1.30. The van der Waals surface area contributed by atoms with Gasteiger partial charge in [0.15, 0.2) is 5.75 Å². The Kier molecular flexibility index (Phi) is 2.20. The lowest BCUT2D eigenvalue weighted by Crippen LogP contribution is -1.74. The fraction of sp³-hybridized carbons (Fsp3) is 0. The van der Waals surface area contributed by atoms with E-state index in [4.69, 9.17) is 23.5 Å². The van der Waals surface area contributed by atoms with E-state index in [9.17, 15) is 0 Å². The van der Waals surface area contributed by atoms with E-state index in [2.05, 4.69) is 10.4 Å². The molecule has 1 aromatic rings. The van der Waals surface area contributed by atoms with Crippen LogP contribution in [-0.4, -0.2) is 0 Å². The van der Waals surface area contributed by atoms with Crippen LogP contribution < -0.4 is 4.29 Å². The second kappa shape index (κ2) is 2.95. The highest BCUT2D eigenvalue weighted by atomic mass is 35.5. The summed E-state index contributed by atoms with van der Waals surface area (Å²) in [7, 11) is 0. The molecule has 0 unspecified atom stereocenters. The molecule has 0 aliphatic carbocycles. The van der Waals surface area contributed by atoms with Gasteiger partial charge in [-0.2, -0.15) is 0 Å². The first-order valence-electron chi connectivity index (χ1n) is 2.29. The molecule has 0 aliphatic heterocycles. The van der Waals surface area contributed by atoms with Crippen LogP contribution in [0.25, 0.3) is 0 Å². The smallest absolute Gasteiger partial charge is 0.172 e. The van der Waals surface area contributed by atoms with Gasteiger partial charge in [0.2, 0.25) is 0 Å². The molecule has 0 atom stereocenters. The Labute approximate surface area is 63.3 Å². The molecule has 1 nitrogen and oxygen atoms in total. The fourth-order valence-electron chi connectivity index (χ4n) is 0.460. The maximum atomic E-state index is 5.58. The molecule has 47 valence electrons. The molecule has 0 saturated carbocycles. The SMILES string of the molecule is ClOc1[c]cccc1Cl. The maximum Gasteiger partial charge on any atom is 0.172 e. The van der Waals surface area contributed by atoms with Gasteiger partial charge in [0, 0.05) is 6.07 Å². The fourth-order valence-corrected chi connectivity index (χ4v) is 0.793. The van der Waals surface area contributed by atoms with E-state index in [0.29, 0.717) is 10.8 Å². The van der Waals surface area contributed by atoms with Gasteiger partial charge in [-0.25, -0.2) is 0 Å². The van der Waals surface area contributed by atoms with Crippen molar-refractivity contribution in [2.24, 2.45) is 0 Å². The standard InChI is InChI=1S/C6H3Cl2O/c7-5-3-1-2-4-6(5)9-8/h1-3H. The first kappa shape index (κ1) is 6.72. The molecule has 1 aromatic carbocycles. The van der Waals surface area contributed by atoms with Crippen molar-refractivity contribution in [2.45, 2.75) is 0 Å². The average molecular weight is 162 g/mol. The van der Waals surface area contributed by atoms with Crippen LogP contribution in [0.1, 0.15) is 0 Å². The number of benzene rings is 1. The molecular formula is C6H3Cl2O. The van der Waals surface area contributed by atoms with Crippen molar-refractivity contribution in [1.82, 2.24) is 0 Å². The lowest BCUT2D eigenvalue weighted by molar-refractivity contribution is 0.618. The van der Waals surface area contributed by atoms with Gasteiger partial charge in [0.05, 0.1) is 5.02 Å². The van der Waals surface area contributed by atoms with E-state index in [1.165, 1.54) is 0 Å². The van der Waals surface area contributed by atoms with E-state index in [0.717, 1.165) is 0 Å². The van der Waals surface area contributed by atoms with Crippen LogP contribution in [-0.2, 0) is 0 Å². The summed E-state index contributed by atoms with van der Waals surface area (Å²) in [6.07, 6.45) is 0. The molecule has 1 rings (SSSR count). The first-order valence-corrected chi connectivity index (χ1v) is 2.98. The highest BCUT2D eigenvalue weighted by Gasteiger charge is 1.96. The zero-order chi connectivity index (χ0) is 6.69. The quantitative estimate of drug-likeness (QED) is 0.616. The lowest BCUT2D eigenvalue weighted by Gasteiger charge is -1.94. The minimum Gasteiger partial charge on any atom is -0.383 e. The Morgan fingerprint density at radius 3 is 2.78 bits per heavy atom. The summed E-state index contributed by atoms with van der Waals surface area (Å²) in [6.45, 7) is 0. The summed E-state index contributed by atoms with van der Waals surface area (Å²) < 4.78 is 4.33. The Balaban J connectivity index is 3.01. The van der Waals surface area contributed by atoms with Crippen molar-refractivity contribution in [3.8, 4) is 5.75 Å². The van der Waals surface area contributed by atoms with E-state index < -0.39 is 0 Å². The van der Waals surface area contributed by atoms with Crippen molar-refractivity contribution >= 4 is 23.5 Å². The van der Waals surface area contributed by atoms with Crippen LogP contribution in [0.5, 0.6) is 5.75 Å².